The van der Waals surface area contributed by atoms with Crippen molar-refractivity contribution in [1.29, 1.82) is 0 Å². The topological polar surface area (TPSA) is 59.2 Å². The lowest BCUT2D eigenvalue weighted by Gasteiger charge is -2.21. The Morgan fingerprint density at radius 2 is 1.71 bits per heavy atom. The van der Waals surface area contributed by atoms with Gasteiger partial charge in [-0.1, -0.05) is 0 Å². The highest BCUT2D eigenvalue weighted by atomic mass is 16.3. The van der Waals surface area contributed by atoms with Crippen molar-refractivity contribution in [2.24, 2.45) is 0 Å². The summed E-state index contributed by atoms with van der Waals surface area (Å²) >= 11 is 0. The van der Waals surface area contributed by atoms with E-state index in [9.17, 15) is 4.79 Å². The molecule has 0 radical (unpaired) electrons. The van der Waals surface area contributed by atoms with Crippen molar-refractivity contribution >= 4 is 17.9 Å². The Bertz CT molecular complexity index is 833. The Balaban J connectivity index is 1.91. The predicted molar refractivity (Wildman–Crippen MR) is 93.7 cm³/mol. The molecule has 1 aromatic carbocycles. The van der Waals surface area contributed by atoms with Crippen LogP contribution in [0.3, 0.4) is 0 Å². The summed E-state index contributed by atoms with van der Waals surface area (Å²) in [5.74, 6) is 1.70. The lowest BCUT2D eigenvalue weighted by Crippen LogP contribution is -2.19. The number of hydrogen-bond acceptors (Lipinski definition) is 5. The summed E-state index contributed by atoms with van der Waals surface area (Å²) in [5.41, 5.74) is 3.83. The molecule has 0 aliphatic heterocycles. The van der Waals surface area contributed by atoms with Gasteiger partial charge in [0.25, 0.3) is 0 Å². The second kappa shape index (κ2) is 6.66. The zero-order chi connectivity index (χ0) is 17.1. The number of hydrogen-bond donors (Lipinski definition) is 0. The minimum atomic E-state index is 0.327. The lowest BCUT2D eigenvalue weighted by atomic mass is 10.1. The lowest BCUT2D eigenvalue weighted by molar-refractivity contribution is 0.110. The van der Waals surface area contributed by atoms with Crippen LogP contribution in [-0.2, 0) is 0 Å². The van der Waals surface area contributed by atoms with Gasteiger partial charge in [0.2, 0.25) is 5.95 Å². The summed E-state index contributed by atoms with van der Waals surface area (Å²) in [6, 6.07) is 13.4. The molecule has 0 fully saturated rings. The van der Waals surface area contributed by atoms with Gasteiger partial charge in [-0.05, 0) is 63.2 Å². The monoisotopic (exact) mass is 321 g/mol. The first kappa shape index (κ1) is 15.9. The second-order valence-corrected chi connectivity index (χ2v) is 5.56. The number of benzene rings is 1. The van der Waals surface area contributed by atoms with Gasteiger partial charge in [0.1, 0.15) is 5.76 Å². The smallest absolute Gasteiger partial charge is 0.230 e. The number of carbonyl (C=O) groups is 1. The average Bonchev–Trinajstić information content (AvgIpc) is 3.04. The molecular weight excluding hydrogens is 302 g/mol. The zero-order valence-electron chi connectivity index (χ0n) is 14.0. The molecule has 0 aliphatic carbocycles. The van der Waals surface area contributed by atoms with Gasteiger partial charge in [0.15, 0.2) is 12.0 Å². The van der Waals surface area contributed by atoms with Crippen LogP contribution in [0, 0.1) is 13.8 Å². The van der Waals surface area contributed by atoms with E-state index in [4.69, 9.17) is 4.42 Å². The standard InChI is InChI=1S/C19H19N3O2/c1-4-22(19-20-13(2)11-14(3)21-19)16-7-5-15(6-8-16)18-10-9-17(12-23)24-18/h5-12H,4H2,1-3H3. The molecule has 5 heteroatoms. The third-order valence-electron chi connectivity index (χ3n) is 3.73. The molecule has 0 atom stereocenters. The Morgan fingerprint density at radius 1 is 1.04 bits per heavy atom. The third kappa shape index (κ3) is 3.20. The van der Waals surface area contributed by atoms with Crippen molar-refractivity contribution in [3.05, 3.63) is 59.6 Å². The molecule has 5 nitrogen and oxygen atoms in total. The summed E-state index contributed by atoms with van der Waals surface area (Å²) in [6.45, 7) is 6.77. The van der Waals surface area contributed by atoms with Crippen LogP contribution in [0.2, 0.25) is 0 Å². The van der Waals surface area contributed by atoms with E-state index in [-0.39, 0.29) is 0 Å². The molecular formula is C19H19N3O2. The van der Waals surface area contributed by atoms with E-state index >= 15 is 0 Å². The van der Waals surface area contributed by atoms with Crippen LogP contribution in [0.15, 0.2) is 46.9 Å². The SMILES string of the molecule is CCN(c1ccc(-c2ccc(C=O)o2)cc1)c1nc(C)cc(C)n1. The van der Waals surface area contributed by atoms with Gasteiger partial charge in [0.05, 0.1) is 0 Å². The molecule has 0 aliphatic rings. The van der Waals surface area contributed by atoms with E-state index in [0.717, 1.165) is 29.2 Å². The molecule has 0 amide bonds. The number of carbonyl (C=O) groups excluding carboxylic acids is 1. The summed E-state index contributed by atoms with van der Waals surface area (Å²) in [5, 5.41) is 0. The molecule has 0 N–H and O–H groups in total. The van der Waals surface area contributed by atoms with Crippen LogP contribution in [0.1, 0.15) is 28.9 Å². The summed E-state index contributed by atoms with van der Waals surface area (Å²) in [4.78, 5) is 21.9. The number of aromatic nitrogens is 2. The number of aryl methyl sites for hydroxylation is 2. The Labute approximate surface area is 141 Å². The highest BCUT2D eigenvalue weighted by Gasteiger charge is 2.12. The molecule has 3 rings (SSSR count). The summed E-state index contributed by atoms with van der Waals surface area (Å²) in [7, 11) is 0. The van der Waals surface area contributed by atoms with Gasteiger partial charge < -0.3 is 9.32 Å². The average molecular weight is 321 g/mol. The van der Waals surface area contributed by atoms with Gasteiger partial charge in [-0.25, -0.2) is 9.97 Å². The van der Waals surface area contributed by atoms with E-state index in [0.29, 0.717) is 23.8 Å². The fraction of sp³-hybridized carbons (Fsp3) is 0.211. The van der Waals surface area contributed by atoms with Crippen LogP contribution >= 0.6 is 0 Å². The highest BCUT2D eigenvalue weighted by molar-refractivity contribution is 5.73. The van der Waals surface area contributed by atoms with Crippen LogP contribution < -0.4 is 4.90 Å². The van der Waals surface area contributed by atoms with E-state index in [1.54, 1.807) is 12.1 Å². The first-order valence-corrected chi connectivity index (χ1v) is 7.86. The molecule has 2 aromatic heterocycles. The highest BCUT2D eigenvalue weighted by Crippen LogP contribution is 2.27. The van der Waals surface area contributed by atoms with E-state index in [1.807, 2.05) is 44.2 Å². The maximum Gasteiger partial charge on any atom is 0.230 e. The Morgan fingerprint density at radius 3 is 2.25 bits per heavy atom. The third-order valence-corrected chi connectivity index (χ3v) is 3.73. The first-order valence-electron chi connectivity index (χ1n) is 7.86. The fourth-order valence-corrected chi connectivity index (χ4v) is 2.64. The second-order valence-electron chi connectivity index (χ2n) is 5.56. The minimum Gasteiger partial charge on any atom is -0.453 e. The molecule has 122 valence electrons. The van der Waals surface area contributed by atoms with Gasteiger partial charge in [-0.2, -0.15) is 0 Å². The predicted octanol–water partition coefficient (Wildman–Crippen LogP) is 4.32. The minimum absolute atomic E-state index is 0.327. The molecule has 0 unspecified atom stereocenters. The largest absolute Gasteiger partial charge is 0.453 e. The number of anilines is 2. The number of aldehydes is 1. The molecule has 0 bridgehead atoms. The number of furan rings is 1. The van der Waals surface area contributed by atoms with Crippen LogP contribution in [-0.4, -0.2) is 22.8 Å². The molecule has 2 heterocycles. The number of rotatable bonds is 5. The van der Waals surface area contributed by atoms with Crippen molar-refractivity contribution in [1.82, 2.24) is 9.97 Å². The summed E-state index contributed by atoms with van der Waals surface area (Å²) in [6.07, 6.45) is 0.702. The van der Waals surface area contributed by atoms with Crippen LogP contribution in [0.4, 0.5) is 11.6 Å². The van der Waals surface area contributed by atoms with Crippen LogP contribution in [0.5, 0.6) is 0 Å². The van der Waals surface area contributed by atoms with E-state index in [2.05, 4.69) is 21.8 Å². The molecule has 24 heavy (non-hydrogen) atoms. The summed E-state index contributed by atoms with van der Waals surface area (Å²) < 4.78 is 5.46. The maximum atomic E-state index is 10.7. The first-order chi connectivity index (χ1) is 11.6. The molecule has 3 aromatic rings. The van der Waals surface area contributed by atoms with E-state index < -0.39 is 0 Å². The van der Waals surface area contributed by atoms with E-state index in [1.165, 1.54) is 0 Å². The zero-order valence-corrected chi connectivity index (χ0v) is 14.0. The maximum absolute atomic E-state index is 10.7. The number of nitrogens with zero attached hydrogens (tertiary/aromatic N) is 3. The van der Waals surface area contributed by atoms with Gasteiger partial charge in [-0.15, -0.1) is 0 Å². The van der Waals surface area contributed by atoms with Crippen molar-refractivity contribution in [2.75, 3.05) is 11.4 Å². The normalized spacial score (nSPS) is 10.6. The van der Waals surface area contributed by atoms with Gasteiger partial charge in [0, 0.05) is 29.2 Å². The Kier molecular flexibility index (Phi) is 4.42. The fourth-order valence-electron chi connectivity index (χ4n) is 2.64. The molecule has 0 spiro atoms. The Hall–Kier alpha value is -2.95. The van der Waals surface area contributed by atoms with Crippen molar-refractivity contribution < 1.29 is 9.21 Å². The quantitative estimate of drug-likeness (QED) is 0.655. The van der Waals surface area contributed by atoms with Gasteiger partial charge >= 0.3 is 0 Å². The van der Waals surface area contributed by atoms with Gasteiger partial charge in [-0.3, -0.25) is 4.79 Å². The molecule has 0 saturated carbocycles. The van der Waals surface area contributed by atoms with Crippen molar-refractivity contribution in [3.63, 3.8) is 0 Å². The van der Waals surface area contributed by atoms with Crippen LogP contribution in [0.25, 0.3) is 11.3 Å². The molecule has 0 saturated heterocycles. The van der Waals surface area contributed by atoms with Crippen molar-refractivity contribution in [2.45, 2.75) is 20.8 Å². The van der Waals surface area contributed by atoms with Crippen molar-refractivity contribution in [3.8, 4) is 11.3 Å².